The van der Waals surface area contributed by atoms with Gasteiger partial charge >= 0.3 is 6.18 Å². The second kappa shape index (κ2) is 7.68. The summed E-state index contributed by atoms with van der Waals surface area (Å²) in [6.07, 6.45) is -1.19. The van der Waals surface area contributed by atoms with Crippen molar-refractivity contribution in [1.29, 1.82) is 0 Å². The largest absolute Gasteiger partial charge is 0.418 e. The average Bonchev–Trinajstić information content (AvgIpc) is 2.40. The van der Waals surface area contributed by atoms with E-state index in [-0.39, 0.29) is 5.69 Å². The lowest BCUT2D eigenvalue weighted by molar-refractivity contribution is -0.136. The highest BCUT2D eigenvalue weighted by Crippen LogP contribution is 2.34. The molecular formula is C16H20F3N3. The van der Waals surface area contributed by atoms with Crippen LogP contribution in [0.1, 0.15) is 30.0 Å². The Morgan fingerprint density at radius 1 is 1.09 bits per heavy atom. The quantitative estimate of drug-likeness (QED) is 0.816. The van der Waals surface area contributed by atoms with Crippen molar-refractivity contribution >= 4 is 11.5 Å². The molecule has 22 heavy (non-hydrogen) atoms. The molecule has 0 amide bonds. The topological polar surface area (TPSA) is 64.9 Å². The van der Waals surface area contributed by atoms with Crippen LogP contribution in [-0.4, -0.2) is 4.98 Å². The number of pyridine rings is 1. The summed E-state index contributed by atoms with van der Waals surface area (Å²) in [6.45, 7) is 3.90. The molecule has 3 nitrogen and oxygen atoms in total. The van der Waals surface area contributed by atoms with Gasteiger partial charge in [-0.15, -0.1) is 0 Å². The van der Waals surface area contributed by atoms with Crippen LogP contribution in [0.25, 0.3) is 0 Å². The molecule has 0 saturated heterocycles. The van der Waals surface area contributed by atoms with Gasteiger partial charge in [-0.3, -0.25) is 0 Å². The Hall–Kier alpha value is -2.24. The van der Waals surface area contributed by atoms with E-state index >= 15 is 0 Å². The molecule has 0 unspecified atom stereocenters. The first kappa shape index (κ1) is 17.8. The first-order valence-corrected chi connectivity index (χ1v) is 6.87. The van der Waals surface area contributed by atoms with Gasteiger partial charge < -0.3 is 11.5 Å². The number of nitrogen functional groups attached to an aromatic ring is 2. The number of anilines is 2. The number of nitrogens with two attached hydrogens (primary N) is 2. The highest BCUT2D eigenvalue weighted by atomic mass is 19.4. The van der Waals surface area contributed by atoms with Crippen molar-refractivity contribution in [3.05, 3.63) is 53.2 Å². The fraction of sp³-hybridized carbons (Fsp3) is 0.312. The number of benzene rings is 1. The molecule has 0 bridgehead atoms. The molecule has 0 radical (unpaired) electrons. The first-order valence-electron chi connectivity index (χ1n) is 6.87. The summed E-state index contributed by atoms with van der Waals surface area (Å²) < 4.78 is 37.2. The maximum Gasteiger partial charge on any atom is 0.418 e. The van der Waals surface area contributed by atoms with Crippen molar-refractivity contribution in [1.82, 2.24) is 4.98 Å². The molecule has 0 spiro atoms. The van der Waals surface area contributed by atoms with Crippen molar-refractivity contribution in [3.8, 4) is 0 Å². The summed E-state index contributed by atoms with van der Waals surface area (Å²) in [5, 5.41) is 0. The van der Waals surface area contributed by atoms with Crippen LogP contribution in [0.3, 0.4) is 0 Å². The molecule has 2 aromatic rings. The third-order valence-corrected chi connectivity index (χ3v) is 2.90. The molecule has 1 aromatic carbocycles. The number of aryl methyl sites for hydroxylation is 2. The summed E-state index contributed by atoms with van der Waals surface area (Å²) in [7, 11) is 0. The van der Waals surface area contributed by atoms with Crippen molar-refractivity contribution in [2.45, 2.75) is 32.9 Å². The molecule has 1 aromatic heterocycles. The van der Waals surface area contributed by atoms with Gasteiger partial charge in [-0.1, -0.05) is 19.4 Å². The van der Waals surface area contributed by atoms with Gasteiger partial charge in [0.25, 0.3) is 0 Å². The van der Waals surface area contributed by atoms with E-state index in [4.69, 9.17) is 11.5 Å². The van der Waals surface area contributed by atoms with Gasteiger partial charge in [0.2, 0.25) is 0 Å². The maximum atomic E-state index is 12.4. The molecule has 0 aliphatic carbocycles. The highest BCUT2D eigenvalue weighted by molar-refractivity contribution is 5.50. The second-order valence-electron chi connectivity index (χ2n) is 4.93. The predicted octanol–water partition coefficient (Wildman–Crippen LogP) is 4.21. The third kappa shape index (κ3) is 5.63. The number of halogens is 3. The van der Waals surface area contributed by atoms with Gasteiger partial charge in [-0.05, 0) is 48.7 Å². The first-order chi connectivity index (χ1) is 10.2. The second-order valence-corrected chi connectivity index (χ2v) is 4.93. The summed E-state index contributed by atoms with van der Waals surface area (Å²) in [6, 6.07) is 7.82. The molecule has 0 fully saturated rings. The van der Waals surface area contributed by atoms with E-state index in [0.29, 0.717) is 17.8 Å². The minimum Gasteiger partial charge on any atom is -0.398 e. The fourth-order valence-electron chi connectivity index (χ4n) is 1.85. The van der Waals surface area contributed by atoms with Gasteiger partial charge in [0.15, 0.2) is 0 Å². The zero-order valence-corrected chi connectivity index (χ0v) is 12.6. The molecular weight excluding hydrogens is 291 g/mol. The Labute approximate surface area is 128 Å². The van der Waals surface area contributed by atoms with E-state index in [1.54, 1.807) is 12.3 Å². The van der Waals surface area contributed by atoms with Gasteiger partial charge in [0.1, 0.15) is 5.82 Å². The van der Waals surface area contributed by atoms with Crippen LogP contribution in [-0.2, 0) is 12.6 Å². The smallest absolute Gasteiger partial charge is 0.398 e. The Kier molecular flexibility index (Phi) is 6.22. The molecule has 0 saturated carbocycles. The molecule has 120 valence electrons. The van der Waals surface area contributed by atoms with E-state index in [2.05, 4.69) is 4.98 Å². The molecule has 4 N–H and O–H groups in total. The van der Waals surface area contributed by atoms with Crippen molar-refractivity contribution in [2.75, 3.05) is 11.5 Å². The van der Waals surface area contributed by atoms with Crippen molar-refractivity contribution in [3.63, 3.8) is 0 Å². The number of hydrogen-bond donors (Lipinski definition) is 2. The number of nitrogens with zero attached hydrogens (tertiary/aromatic N) is 1. The van der Waals surface area contributed by atoms with Crippen LogP contribution in [0.15, 0.2) is 36.5 Å². The van der Waals surface area contributed by atoms with E-state index in [0.717, 1.165) is 18.1 Å². The lowest BCUT2D eigenvalue weighted by atomic mass is 10.0. The predicted molar refractivity (Wildman–Crippen MR) is 83.2 cm³/mol. The van der Waals surface area contributed by atoms with Crippen LogP contribution < -0.4 is 11.5 Å². The highest BCUT2D eigenvalue weighted by Gasteiger charge is 2.32. The standard InChI is InChI=1S/C10H12F3N.C6H8N2/c1-2-3-7-4-5-9(14)8(6-7)10(11,12)13;1-5-2-3-8-6(7)4-5/h4-6H,2-3,14H2,1H3;2-4H,1H3,(H2,7,8). The molecule has 2 rings (SSSR count). The molecule has 1 heterocycles. The van der Waals surface area contributed by atoms with E-state index in [9.17, 15) is 13.2 Å². The number of hydrogen-bond acceptors (Lipinski definition) is 3. The Morgan fingerprint density at radius 3 is 2.23 bits per heavy atom. The summed E-state index contributed by atoms with van der Waals surface area (Å²) >= 11 is 0. The summed E-state index contributed by atoms with van der Waals surface area (Å²) in [4.78, 5) is 3.82. The summed E-state index contributed by atoms with van der Waals surface area (Å²) in [5.74, 6) is 0.588. The van der Waals surface area contributed by atoms with Crippen LogP contribution in [0.2, 0.25) is 0 Å². The Balaban J connectivity index is 0.000000255. The van der Waals surface area contributed by atoms with Crippen LogP contribution in [0, 0.1) is 6.92 Å². The lowest BCUT2D eigenvalue weighted by Gasteiger charge is -2.11. The third-order valence-electron chi connectivity index (χ3n) is 2.90. The molecule has 0 atom stereocenters. The molecule has 0 aliphatic heterocycles. The maximum absolute atomic E-state index is 12.4. The zero-order chi connectivity index (χ0) is 16.8. The number of rotatable bonds is 2. The van der Waals surface area contributed by atoms with Crippen molar-refractivity contribution in [2.24, 2.45) is 0 Å². The Morgan fingerprint density at radius 2 is 1.77 bits per heavy atom. The number of aromatic nitrogens is 1. The fourth-order valence-corrected chi connectivity index (χ4v) is 1.85. The van der Waals surface area contributed by atoms with Gasteiger partial charge in [-0.25, -0.2) is 4.98 Å². The van der Waals surface area contributed by atoms with Crippen LogP contribution >= 0.6 is 0 Å². The zero-order valence-electron chi connectivity index (χ0n) is 12.6. The average molecular weight is 311 g/mol. The van der Waals surface area contributed by atoms with E-state index in [1.165, 1.54) is 6.07 Å². The monoisotopic (exact) mass is 311 g/mol. The SMILES string of the molecule is CCCc1ccc(N)c(C(F)(F)F)c1.Cc1ccnc(N)c1. The summed E-state index contributed by atoms with van der Waals surface area (Å²) in [5.41, 5.74) is 11.5. The van der Waals surface area contributed by atoms with Crippen molar-refractivity contribution < 1.29 is 13.2 Å². The van der Waals surface area contributed by atoms with Crippen LogP contribution in [0.4, 0.5) is 24.7 Å². The molecule has 6 heteroatoms. The van der Waals surface area contributed by atoms with E-state index in [1.807, 2.05) is 26.0 Å². The minimum atomic E-state index is -4.35. The minimum absolute atomic E-state index is 0.211. The van der Waals surface area contributed by atoms with Gasteiger partial charge in [0.05, 0.1) is 5.56 Å². The normalized spacial score (nSPS) is 10.8. The lowest BCUT2D eigenvalue weighted by Crippen LogP contribution is -2.09. The molecule has 0 aliphatic rings. The van der Waals surface area contributed by atoms with Gasteiger partial charge in [0, 0.05) is 11.9 Å². The van der Waals surface area contributed by atoms with Crippen LogP contribution in [0.5, 0.6) is 0 Å². The van der Waals surface area contributed by atoms with Gasteiger partial charge in [-0.2, -0.15) is 13.2 Å². The Bertz CT molecular complexity index is 593. The number of alkyl halides is 3. The van der Waals surface area contributed by atoms with E-state index < -0.39 is 11.7 Å².